The highest BCUT2D eigenvalue weighted by Crippen LogP contribution is 2.33. The molecule has 0 aromatic heterocycles. The van der Waals surface area contributed by atoms with E-state index in [1.165, 1.54) is 19.1 Å². The second-order valence-corrected chi connectivity index (χ2v) is 6.53. The molecule has 0 aliphatic rings. The number of halogens is 3. The molecule has 1 amide bonds. The fourth-order valence-electron chi connectivity index (χ4n) is 3.14. The van der Waals surface area contributed by atoms with Gasteiger partial charge in [-0.25, -0.2) is 0 Å². The molecular weight excluding hydrogens is 367 g/mol. The van der Waals surface area contributed by atoms with Gasteiger partial charge in [-0.2, -0.15) is 13.2 Å². The SMILES string of the molecule is COc1ccc2cc(-c3ccc(C(F)(F)F)cc3)cc(CCNC(C)=O)c2c1. The Hall–Kier alpha value is -3.02. The first-order valence-corrected chi connectivity index (χ1v) is 8.80. The number of benzene rings is 3. The van der Waals surface area contributed by atoms with Crippen LogP contribution in [-0.2, 0) is 17.4 Å². The number of hydrogen-bond acceptors (Lipinski definition) is 2. The van der Waals surface area contributed by atoms with Crippen molar-refractivity contribution in [1.82, 2.24) is 5.32 Å². The lowest BCUT2D eigenvalue weighted by atomic mass is 9.94. The molecule has 3 nitrogen and oxygen atoms in total. The molecule has 6 heteroatoms. The number of alkyl halides is 3. The van der Waals surface area contributed by atoms with Crippen molar-refractivity contribution in [3.63, 3.8) is 0 Å². The number of hydrogen-bond donors (Lipinski definition) is 1. The van der Waals surface area contributed by atoms with Crippen LogP contribution in [-0.4, -0.2) is 19.6 Å². The molecule has 0 atom stereocenters. The first kappa shape index (κ1) is 19.7. The second-order valence-electron chi connectivity index (χ2n) is 6.53. The third kappa shape index (κ3) is 4.44. The van der Waals surface area contributed by atoms with E-state index < -0.39 is 11.7 Å². The van der Waals surface area contributed by atoms with Crippen LogP contribution >= 0.6 is 0 Å². The minimum absolute atomic E-state index is 0.110. The quantitative estimate of drug-likeness (QED) is 0.652. The van der Waals surface area contributed by atoms with E-state index in [0.29, 0.717) is 18.5 Å². The Morgan fingerprint density at radius 2 is 1.71 bits per heavy atom. The van der Waals surface area contributed by atoms with Crippen LogP contribution < -0.4 is 10.1 Å². The van der Waals surface area contributed by atoms with Crippen molar-refractivity contribution in [1.29, 1.82) is 0 Å². The van der Waals surface area contributed by atoms with Crippen LogP contribution in [0.1, 0.15) is 18.1 Å². The van der Waals surface area contributed by atoms with Crippen LogP contribution in [0.4, 0.5) is 13.2 Å². The Morgan fingerprint density at radius 1 is 1.00 bits per heavy atom. The van der Waals surface area contributed by atoms with Crippen LogP contribution in [0.15, 0.2) is 54.6 Å². The number of ether oxygens (including phenoxy) is 1. The van der Waals surface area contributed by atoms with Gasteiger partial charge in [0.25, 0.3) is 0 Å². The molecule has 28 heavy (non-hydrogen) atoms. The van der Waals surface area contributed by atoms with E-state index in [1.54, 1.807) is 7.11 Å². The highest BCUT2D eigenvalue weighted by Gasteiger charge is 2.30. The van der Waals surface area contributed by atoms with Gasteiger partial charge in [0.05, 0.1) is 12.7 Å². The largest absolute Gasteiger partial charge is 0.497 e. The molecule has 1 N–H and O–H groups in total. The van der Waals surface area contributed by atoms with Gasteiger partial charge < -0.3 is 10.1 Å². The molecule has 0 saturated carbocycles. The Bertz CT molecular complexity index is 995. The van der Waals surface area contributed by atoms with E-state index in [9.17, 15) is 18.0 Å². The minimum Gasteiger partial charge on any atom is -0.497 e. The van der Waals surface area contributed by atoms with Crippen LogP contribution in [0.3, 0.4) is 0 Å². The van der Waals surface area contributed by atoms with E-state index in [1.807, 2.05) is 30.3 Å². The summed E-state index contributed by atoms with van der Waals surface area (Å²) in [5, 5.41) is 4.72. The molecule has 3 aromatic rings. The summed E-state index contributed by atoms with van der Waals surface area (Å²) < 4.78 is 43.8. The van der Waals surface area contributed by atoms with E-state index in [-0.39, 0.29) is 5.91 Å². The molecule has 3 rings (SSSR count). The van der Waals surface area contributed by atoms with Gasteiger partial charge in [0.1, 0.15) is 5.75 Å². The van der Waals surface area contributed by atoms with Crippen LogP contribution in [0.25, 0.3) is 21.9 Å². The maximum atomic E-state index is 12.8. The fraction of sp³-hybridized carbons (Fsp3) is 0.227. The number of carbonyl (C=O) groups excluding carboxylic acids is 1. The Labute approximate surface area is 161 Å². The smallest absolute Gasteiger partial charge is 0.416 e. The number of amides is 1. The van der Waals surface area contributed by atoms with Crippen molar-refractivity contribution in [3.8, 4) is 16.9 Å². The zero-order valence-corrected chi connectivity index (χ0v) is 15.6. The Morgan fingerprint density at radius 3 is 2.32 bits per heavy atom. The molecule has 0 heterocycles. The molecule has 0 saturated heterocycles. The molecule has 0 bridgehead atoms. The lowest BCUT2D eigenvalue weighted by Gasteiger charge is -2.13. The van der Waals surface area contributed by atoms with Crippen LogP contribution in [0.5, 0.6) is 5.75 Å². The predicted molar refractivity (Wildman–Crippen MR) is 103 cm³/mol. The summed E-state index contributed by atoms with van der Waals surface area (Å²) in [6, 6.07) is 14.7. The molecule has 0 radical (unpaired) electrons. The highest BCUT2D eigenvalue weighted by molar-refractivity contribution is 5.91. The summed E-state index contributed by atoms with van der Waals surface area (Å²) in [6.07, 6.45) is -3.76. The first-order valence-electron chi connectivity index (χ1n) is 8.80. The lowest BCUT2D eigenvalue weighted by Crippen LogP contribution is -2.22. The molecular formula is C22H20F3NO2. The number of methoxy groups -OCH3 is 1. The predicted octanol–water partition coefficient (Wildman–Crippen LogP) is 5.21. The topological polar surface area (TPSA) is 38.3 Å². The zero-order chi connectivity index (χ0) is 20.3. The summed E-state index contributed by atoms with van der Waals surface area (Å²) in [5.74, 6) is 0.608. The summed E-state index contributed by atoms with van der Waals surface area (Å²) in [4.78, 5) is 11.2. The maximum Gasteiger partial charge on any atom is 0.416 e. The summed E-state index contributed by atoms with van der Waals surface area (Å²) in [7, 11) is 1.59. The number of rotatable bonds is 5. The van der Waals surface area contributed by atoms with Gasteiger partial charge in [0.15, 0.2) is 0 Å². The highest BCUT2D eigenvalue weighted by atomic mass is 19.4. The second kappa shape index (κ2) is 7.92. The maximum absolute atomic E-state index is 12.8. The van der Waals surface area contributed by atoms with Crippen molar-refractivity contribution < 1.29 is 22.7 Å². The van der Waals surface area contributed by atoms with E-state index in [2.05, 4.69) is 5.32 Å². The normalized spacial score (nSPS) is 11.5. The first-order chi connectivity index (χ1) is 13.3. The molecule has 0 fully saturated rings. The zero-order valence-electron chi connectivity index (χ0n) is 15.6. The monoisotopic (exact) mass is 387 g/mol. The molecule has 146 valence electrons. The third-order valence-corrected chi connectivity index (χ3v) is 4.56. The van der Waals surface area contributed by atoms with Crippen molar-refractivity contribution in [2.24, 2.45) is 0 Å². The van der Waals surface area contributed by atoms with Gasteiger partial charge in [0.2, 0.25) is 5.91 Å². The fourth-order valence-corrected chi connectivity index (χ4v) is 3.14. The van der Waals surface area contributed by atoms with Crippen molar-refractivity contribution in [2.45, 2.75) is 19.5 Å². The van der Waals surface area contributed by atoms with Gasteiger partial charge in [0, 0.05) is 13.5 Å². The van der Waals surface area contributed by atoms with Gasteiger partial charge in [-0.3, -0.25) is 4.79 Å². The number of carbonyl (C=O) groups is 1. The summed E-state index contributed by atoms with van der Waals surface area (Å²) >= 11 is 0. The Balaban J connectivity index is 2.04. The minimum atomic E-state index is -4.36. The van der Waals surface area contributed by atoms with Crippen molar-refractivity contribution >= 4 is 16.7 Å². The van der Waals surface area contributed by atoms with Crippen molar-refractivity contribution in [3.05, 3.63) is 65.7 Å². The number of nitrogens with one attached hydrogen (secondary N) is 1. The van der Waals surface area contributed by atoms with Gasteiger partial charge >= 0.3 is 6.18 Å². The third-order valence-electron chi connectivity index (χ3n) is 4.56. The van der Waals surface area contributed by atoms with E-state index in [0.717, 1.165) is 39.8 Å². The van der Waals surface area contributed by atoms with Crippen LogP contribution in [0, 0.1) is 0 Å². The van der Waals surface area contributed by atoms with E-state index in [4.69, 9.17) is 4.74 Å². The summed E-state index contributed by atoms with van der Waals surface area (Å²) in [6.45, 7) is 1.93. The molecule has 0 unspecified atom stereocenters. The molecule has 0 aliphatic carbocycles. The average molecular weight is 387 g/mol. The molecule has 0 spiro atoms. The molecule has 3 aromatic carbocycles. The Kier molecular flexibility index (Phi) is 5.58. The van der Waals surface area contributed by atoms with Gasteiger partial charge in [-0.05, 0) is 64.2 Å². The van der Waals surface area contributed by atoms with Gasteiger partial charge in [-0.1, -0.05) is 24.3 Å². The van der Waals surface area contributed by atoms with Crippen molar-refractivity contribution in [2.75, 3.05) is 13.7 Å². The van der Waals surface area contributed by atoms with Gasteiger partial charge in [-0.15, -0.1) is 0 Å². The average Bonchev–Trinajstić information content (AvgIpc) is 2.66. The lowest BCUT2D eigenvalue weighted by molar-refractivity contribution is -0.137. The van der Waals surface area contributed by atoms with E-state index >= 15 is 0 Å². The van der Waals surface area contributed by atoms with Crippen LogP contribution in [0.2, 0.25) is 0 Å². The number of fused-ring (bicyclic) bond motifs is 1. The summed E-state index contributed by atoms with van der Waals surface area (Å²) in [5.41, 5.74) is 1.84. The molecule has 0 aliphatic heterocycles. The standard InChI is InChI=1S/C22H20F3NO2/c1-14(27)26-10-9-17-12-18(11-16-5-8-20(28-2)13-21(16)17)15-3-6-19(7-4-15)22(23,24)25/h3-8,11-13H,9-10H2,1-2H3,(H,26,27).